The monoisotopic (exact) mass is 526 g/mol. The van der Waals surface area contributed by atoms with Crippen LogP contribution in [0, 0.1) is 14.8 Å². The Morgan fingerprint density at radius 3 is 2.56 bits per heavy atom. The average molecular weight is 527 g/mol. The van der Waals surface area contributed by atoms with Gasteiger partial charge in [0.25, 0.3) is 5.91 Å². The molecule has 0 aromatic heterocycles. The molecule has 0 spiro atoms. The number of carbonyl (C=O) groups excluding carboxylic acids is 1. The number of halogens is 4. The van der Waals surface area contributed by atoms with Crippen LogP contribution in [0.25, 0.3) is 0 Å². The molecule has 5 nitrogen and oxygen atoms in total. The number of aliphatic hydroxyl groups excluding tert-OH is 1. The van der Waals surface area contributed by atoms with Crippen molar-refractivity contribution in [2.75, 3.05) is 18.5 Å². The summed E-state index contributed by atoms with van der Waals surface area (Å²) >= 11 is 14.1. The van der Waals surface area contributed by atoms with Crippen LogP contribution in [0.5, 0.6) is 0 Å². The minimum absolute atomic E-state index is 0.0813. The van der Waals surface area contributed by atoms with E-state index in [2.05, 4.69) is 33.4 Å². The summed E-state index contributed by atoms with van der Waals surface area (Å²) in [7, 11) is 0. The number of nitrogens with one attached hydrogen (secondary N) is 2. The third-order valence-electron chi connectivity index (χ3n) is 3.56. The Balaban J connectivity index is 2.25. The summed E-state index contributed by atoms with van der Waals surface area (Å²) in [4.78, 5) is 17.6. The first-order valence-electron chi connectivity index (χ1n) is 7.87. The predicted octanol–water partition coefficient (Wildman–Crippen LogP) is 5.16. The molecule has 0 aliphatic carbocycles. The highest BCUT2D eigenvalue weighted by Crippen LogP contribution is 2.31. The molecule has 0 unspecified atom stereocenters. The van der Waals surface area contributed by atoms with Crippen LogP contribution in [0.2, 0.25) is 10.0 Å². The van der Waals surface area contributed by atoms with Gasteiger partial charge in [-0.3, -0.25) is 9.63 Å². The number of hydrogen-bond donors (Lipinski definition) is 3. The summed E-state index contributed by atoms with van der Waals surface area (Å²) in [5, 5.41) is 12.4. The highest BCUT2D eigenvalue weighted by Gasteiger charge is 2.20. The highest BCUT2D eigenvalue weighted by atomic mass is 127. The first-order valence-corrected chi connectivity index (χ1v) is 9.70. The third-order valence-corrected chi connectivity index (χ3v) is 4.83. The van der Waals surface area contributed by atoms with Gasteiger partial charge in [0.1, 0.15) is 5.82 Å². The molecule has 0 heterocycles. The average Bonchev–Trinajstić information content (AvgIpc) is 2.60. The van der Waals surface area contributed by atoms with Crippen molar-refractivity contribution in [2.24, 2.45) is 5.41 Å². The highest BCUT2D eigenvalue weighted by molar-refractivity contribution is 14.1. The molecule has 0 radical (unpaired) electrons. The summed E-state index contributed by atoms with van der Waals surface area (Å²) in [6.07, 6.45) is 0. The molecule has 0 atom stereocenters. The standard InChI is InChI=1S/C18H18Cl2FIN2O3/c1-18(2,8-25)9-27-24-17(26)11-6-12(19)14(21)7-16(11)23-15-4-3-10(22)5-13(15)20/h3-7,23,25H,8-9H2,1-2H3,(H,24,26). The summed E-state index contributed by atoms with van der Waals surface area (Å²) in [6.45, 7) is 3.54. The van der Waals surface area contributed by atoms with Crippen molar-refractivity contribution in [3.8, 4) is 0 Å². The van der Waals surface area contributed by atoms with Crippen molar-refractivity contribution in [3.63, 3.8) is 0 Å². The van der Waals surface area contributed by atoms with Gasteiger partial charge in [-0.15, -0.1) is 0 Å². The lowest BCUT2D eigenvalue weighted by Gasteiger charge is -2.21. The van der Waals surface area contributed by atoms with Gasteiger partial charge in [-0.05, 0) is 52.9 Å². The van der Waals surface area contributed by atoms with Gasteiger partial charge < -0.3 is 10.4 Å². The molecule has 9 heteroatoms. The number of hydroxylamine groups is 1. The van der Waals surface area contributed by atoms with Gasteiger partial charge in [0, 0.05) is 8.99 Å². The SMILES string of the molecule is CC(C)(CO)CONC(=O)c1cc(Cl)c(F)cc1Nc1ccc(I)cc1Cl. The summed E-state index contributed by atoms with van der Waals surface area (Å²) in [6, 6.07) is 7.59. The Hall–Kier alpha value is -1.13. The van der Waals surface area contributed by atoms with E-state index in [1.807, 2.05) is 6.07 Å². The molecule has 2 aromatic carbocycles. The molecule has 146 valence electrons. The van der Waals surface area contributed by atoms with E-state index in [0.29, 0.717) is 10.7 Å². The zero-order valence-electron chi connectivity index (χ0n) is 14.6. The Bertz CT molecular complexity index is 850. The zero-order chi connectivity index (χ0) is 20.2. The number of hydrogen-bond acceptors (Lipinski definition) is 4. The fourth-order valence-corrected chi connectivity index (χ4v) is 3.04. The first-order chi connectivity index (χ1) is 12.6. The second-order valence-corrected chi connectivity index (χ2v) is 8.66. The van der Waals surface area contributed by atoms with Crippen LogP contribution in [0.15, 0.2) is 30.3 Å². The van der Waals surface area contributed by atoms with Crippen LogP contribution >= 0.6 is 45.8 Å². The molecule has 3 N–H and O–H groups in total. The van der Waals surface area contributed by atoms with Crippen LogP contribution in [-0.2, 0) is 4.84 Å². The van der Waals surface area contributed by atoms with E-state index in [4.69, 9.17) is 28.0 Å². The minimum Gasteiger partial charge on any atom is -0.396 e. The fourth-order valence-electron chi connectivity index (χ4n) is 1.97. The zero-order valence-corrected chi connectivity index (χ0v) is 18.2. The van der Waals surface area contributed by atoms with Gasteiger partial charge in [-0.1, -0.05) is 37.0 Å². The molecule has 0 aliphatic heterocycles. The van der Waals surface area contributed by atoms with E-state index in [-0.39, 0.29) is 29.5 Å². The van der Waals surface area contributed by atoms with Gasteiger partial charge in [0.2, 0.25) is 0 Å². The Morgan fingerprint density at radius 1 is 1.22 bits per heavy atom. The lowest BCUT2D eigenvalue weighted by molar-refractivity contribution is -0.0197. The maximum absolute atomic E-state index is 13.9. The van der Waals surface area contributed by atoms with Crippen molar-refractivity contribution < 1.29 is 19.1 Å². The second kappa shape index (κ2) is 9.38. The van der Waals surface area contributed by atoms with Gasteiger partial charge >= 0.3 is 0 Å². The normalized spacial score (nSPS) is 11.4. The summed E-state index contributed by atoms with van der Waals surface area (Å²) < 4.78 is 14.9. The minimum atomic E-state index is -0.681. The van der Waals surface area contributed by atoms with Gasteiger partial charge in [-0.25, -0.2) is 9.87 Å². The van der Waals surface area contributed by atoms with Crippen molar-refractivity contribution in [2.45, 2.75) is 13.8 Å². The van der Waals surface area contributed by atoms with Crippen molar-refractivity contribution in [1.82, 2.24) is 5.48 Å². The van der Waals surface area contributed by atoms with E-state index in [9.17, 15) is 14.3 Å². The van der Waals surface area contributed by atoms with Crippen LogP contribution in [-0.4, -0.2) is 24.2 Å². The van der Waals surface area contributed by atoms with Gasteiger partial charge in [-0.2, -0.15) is 0 Å². The molecule has 0 saturated heterocycles. The Kier molecular flexibility index (Phi) is 7.70. The molecule has 0 aliphatic rings. The molecular weight excluding hydrogens is 509 g/mol. The number of aliphatic hydroxyl groups is 1. The second-order valence-electron chi connectivity index (χ2n) is 6.60. The maximum atomic E-state index is 13.9. The lowest BCUT2D eigenvalue weighted by atomic mass is 9.97. The van der Waals surface area contributed by atoms with Gasteiger partial charge in [0.05, 0.1) is 40.2 Å². The largest absolute Gasteiger partial charge is 0.396 e. The van der Waals surface area contributed by atoms with E-state index < -0.39 is 17.1 Å². The molecule has 27 heavy (non-hydrogen) atoms. The molecule has 2 aromatic rings. The number of carbonyl (C=O) groups is 1. The van der Waals surface area contributed by atoms with Crippen molar-refractivity contribution in [3.05, 3.63) is 55.3 Å². The van der Waals surface area contributed by atoms with Crippen molar-refractivity contribution in [1.29, 1.82) is 0 Å². The Morgan fingerprint density at radius 2 is 1.93 bits per heavy atom. The van der Waals surface area contributed by atoms with Crippen LogP contribution < -0.4 is 10.8 Å². The first kappa shape index (κ1) is 22.2. The van der Waals surface area contributed by atoms with Crippen molar-refractivity contribution >= 4 is 63.1 Å². The number of amides is 1. The molecule has 0 saturated carbocycles. The quantitative estimate of drug-likeness (QED) is 0.344. The fraction of sp³-hybridized carbons (Fsp3) is 0.278. The van der Waals surface area contributed by atoms with E-state index in [1.165, 1.54) is 6.07 Å². The summed E-state index contributed by atoms with van der Waals surface area (Å²) in [5.41, 5.74) is 2.53. The number of anilines is 2. The van der Waals surface area contributed by atoms with Crippen LogP contribution in [0.4, 0.5) is 15.8 Å². The topological polar surface area (TPSA) is 70.6 Å². The summed E-state index contributed by atoms with van der Waals surface area (Å²) in [5.74, 6) is -1.30. The van der Waals surface area contributed by atoms with E-state index >= 15 is 0 Å². The van der Waals surface area contributed by atoms with Crippen LogP contribution in [0.1, 0.15) is 24.2 Å². The predicted molar refractivity (Wildman–Crippen MR) is 113 cm³/mol. The van der Waals surface area contributed by atoms with Crippen LogP contribution in [0.3, 0.4) is 0 Å². The molecule has 0 bridgehead atoms. The number of benzene rings is 2. The molecule has 1 amide bonds. The molecule has 0 fully saturated rings. The van der Waals surface area contributed by atoms with Gasteiger partial charge in [0.15, 0.2) is 0 Å². The molecule has 2 rings (SSSR count). The molecular formula is C18H18Cl2FIN2O3. The van der Waals surface area contributed by atoms with E-state index in [1.54, 1.807) is 26.0 Å². The third kappa shape index (κ3) is 6.18. The van der Waals surface area contributed by atoms with E-state index in [0.717, 1.165) is 9.64 Å². The maximum Gasteiger partial charge on any atom is 0.277 e. The lowest BCUT2D eigenvalue weighted by Crippen LogP contribution is -2.32. The number of rotatable bonds is 7. The Labute approximate surface area is 180 Å². The smallest absolute Gasteiger partial charge is 0.277 e.